The highest BCUT2D eigenvalue weighted by atomic mass is 15.3. The van der Waals surface area contributed by atoms with Gasteiger partial charge in [-0.15, -0.1) is 0 Å². The molecule has 2 N–H and O–H groups in total. The van der Waals surface area contributed by atoms with Gasteiger partial charge in [-0.05, 0) is 19.0 Å². The first kappa shape index (κ1) is 11.8. The molecule has 0 aliphatic heterocycles. The number of nitrogens with zero attached hydrogens (tertiary/aromatic N) is 3. The Morgan fingerprint density at radius 2 is 2.18 bits per heavy atom. The first-order valence-electron chi connectivity index (χ1n) is 5.83. The van der Waals surface area contributed by atoms with Crippen molar-refractivity contribution in [3.63, 3.8) is 0 Å². The molecule has 0 aliphatic rings. The Kier molecular flexibility index (Phi) is 3.54. The van der Waals surface area contributed by atoms with Crippen LogP contribution in [-0.4, -0.2) is 21.3 Å². The lowest BCUT2D eigenvalue weighted by molar-refractivity contribution is 0.691. The number of aromatic nitrogens is 3. The monoisotopic (exact) mass is 230 g/mol. The summed E-state index contributed by atoms with van der Waals surface area (Å²) in [5.41, 5.74) is 8.04. The van der Waals surface area contributed by atoms with Crippen LogP contribution in [0, 0.1) is 6.92 Å². The Balaban J connectivity index is 2.16. The van der Waals surface area contributed by atoms with E-state index < -0.39 is 0 Å². The van der Waals surface area contributed by atoms with E-state index in [0.29, 0.717) is 6.54 Å². The summed E-state index contributed by atoms with van der Waals surface area (Å²) < 4.78 is 1.82. The van der Waals surface area contributed by atoms with Gasteiger partial charge in [0.2, 0.25) is 0 Å². The molecule has 1 aromatic carbocycles. The third-order valence-electron chi connectivity index (χ3n) is 2.71. The maximum atomic E-state index is 5.53. The van der Waals surface area contributed by atoms with Crippen LogP contribution in [0.3, 0.4) is 0 Å². The fourth-order valence-corrected chi connectivity index (χ4v) is 1.90. The largest absolute Gasteiger partial charge is 0.330 e. The molecule has 1 heterocycles. The number of aryl methyl sites for hydroxylation is 2. The van der Waals surface area contributed by atoms with Crippen molar-refractivity contribution < 1.29 is 0 Å². The van der Waals surface area contributed by atoms with Crippen molar-refractivity contribution in [1.82, 2.24) is 14.8 Å². The summed E-state index contributed by atoms with van der Waals surface area (Å²) in [4.78, 5) is 4.50. The van der Waals surface area contributed by atoms with Crippen molar-refractivity contribution in [1.29, 1.82) is 0 Å². The highest BCUT2D eigenvalue weighted by Gasteiger charge is 2.07. The van der Waals surface area contributed by atoms with Gasteiger partial charge in [0.15, 0.2) is 5.82 Å². The quantitative estimate of drug-likeness (QED) is 0.859. The van der Waals surface area contributed by atoms with Crippen LogP contribution in [0.2, 0.25) is 0 Å². The van der Waals surface area contributed by atoms with Crippen LogP contribution in [0.25, 0.3) is 0 Å². The van der Waals surface area contributed by atoms with E-state index in [-0.39, 0.29) is 0 Å². The first-order valence-corrected chi connectivity index (χ1v) is 5.83. The molecule has 90 valence electrons. The van der Waals surface area contributed by atoms with Gasteiger partial charge in [-0.25, -0.2) is 4.98 Å². The molecule has 0 fully saturated rings. The Morgan fingerprint density at radius 1 is 1.35 bits per heavy atom. The van der Waals surface area contributed by atoms with Gasteiger partial charge in [-0.3, -0.25) is 4.68 Å². The molecule has 1 aromatic heterocycles. The highest BCUT2D eigenvalue weighted by molar-refractivity contribution is 5.24. The van der Waals surface area contributed by atoms with E-state index in [1.54, 1.807) is 0 Å². The summed E-state index contributed by atoms with van der Waals surface area (Å²) in [6.07, 6.45) is 1.55. The van der Waals surface area contributed by atoms with Crippen LogP contribution in [0.15, 0.2) is 24.3 Å². The minimum Gasteiger partial charge on any atom is -0.330 e. The van der Waals surface area contributed by atoms with E-state index in [1.165, 1.54) is 11.1 Å². The van der Waals surface area contributed by atoms with Crippen molar-refractivity contribution in [3.05, 3.63) is 47.0 Å². The Morgan fingerprint density at radius 3 is 2.88 bits per heavy atom. The Hall–Kier alpha value is -1.68. The molecule has 4 heteroatoms. The minimum atomic E-state index is 0.608. The van der Waals surface area contributed by atoms with Crippen molar-refractivity contribution in [3.8, 4) is 0 Å². The maximum absolute atomic E-state index is 5.53. The van der Waals surface area contributed by atoms with E-state index in [1.807, 2.05) is 11.7 Å². The lowest BCUT2D eigenvalue weighted by Gasteiger charge is -1.98. The van der Waals surface area contributed by atoms with Crippen LogP contribution in [0.5, 0.6) is 0 Å². The standard InChI is InChI=1S/C13H18N4/c1-10-4-3-5-11(8-10)9-12-15-13(6-7-14)17(2)16-12/h3-5,8H,6-7,9,14H2,1-2H3. The summed E-state index contributed by atoms with van der Waals surface area (Å²) >= 11 is 0. The lowest BCUT2D eigenvalue weighted by atomic mass is 10.1. The Labute approximate surface area is 101 Å². The average molecular weight is 230 g/mol. The molecule has 0 radical (unpaired) electrons. The average Bonchev–Trinajstić information content (AvgIpc) is 2.60. The van der Waals surface area contributed by atoms with Gasteiger partial charge in [0.05, 0.1) is 0 Å². The molecule has 2 aromatic rings. The second kappa shape index (κ2) is 5.10. The summed E-state index contributed by atoms with van der Waals surface area (Å²) in [6.45, 7) is 2.70. The number of hydrogen-bond donors (Lipinski definition) is 1. The maximum Gasteiger partial charge on any atom is 0.155 e. The number of rotatable bonds is 4. The smallest absolute Gasteiger partial charge is 0.155 e. The van der Waals surface area contributed by atoms with Gasteiger partial charge in [0, 0.05) is 19.9 Å². The van der Waals surface area contributed by atoms with Crippen LogP contribution in [-0.2, 0) is 19.9 Å². The van der Waals surface area contributed by atoms with Gasteiger partial charge >= 0.3 is 0 Å². The second-order valence-electron chi connectivity index (χ2n) is 4.27. The summed E-state index contributed by atoms with van der Waals surface area (Å²) in [5, 5.41) is 4.40. The molecule has 0 bridgehead atoms. The van der Waals surface area contributed by atoms with Crippen LogP contribution in [0.1, 0.15) is 22.8 Å². The zero-order chi connectivity index (χ0) is 12.3. The van der Waals surface area contributed by atoms with E-state index >= 15 is 0 Å². The summed E-state index contributed by atoms with van der Waals surface area (Å²) in [5.74, 6) is 1.82. The van der Waals surface area contributed by atoms with Crippen molar-refractivity contribution in [2.45, 2.75) is 19.8 Å². The van der Waals surface area contributed by atoms with E-state index in [2.05, 4.69) is 41.3 Å². The minimum absolute atomic E-state index is 0.608. The normalized spacial score (nSPS) is 10.8. The number of hydrogen-bond acceptors (Lipinski definition) is 3. The van der Waals surface area contributed by atoms with Crippen molar-refractivity contribution >= 4 is 0 Å². The van der Waals surface area contributed by atoms with Gasteiger partial charge in [0.25, 0.3) is 0 Å². The molecule has 0 aliphatic carbocycles. The second-order valence-corrected chi connectivity index (χ2v) is 4.27. The zero-order valence-corrected chi connectivity index (χ0v) is 10.3. The fourth-order valence-electron chi connectivity index (χ4n) is 1.90. The predicted molar refractivity (Wildman–Crippen MR) is 67.7 cm³/mol. The van der Waals surface area contributed by atoms with Gasteiger partial charge in [-0.2, -0.15) is 5.10 Å². The van der Waals surface area contributed by atoms with Crippen LogP contribution < -0.4 is 5.73 Å². The van der Waals surface area contributed by atoms with Gasteiger partial charge < -0.3 is 5.73 Å². The summed E-state index contributed by atoms with van der Waals surface area (Å²) in [6, 6.07) is 8.43. The molecule has 17 heavy (non-hydrogen) atoms. The van der Waals surface area contributed by atoms with E-state index in [9.17, 15) is 0 Å². The molecule has 0 atom stereocenters. The Bertz CT molecular complexity index is 502. The fraction of sp³-hybridized carbons (Fsp3) is 0.385. The molecular formula is C13H18N4. The SMILES string of the molecule is Cc1cccc(Cc2nc(CCN)n(C)n2)c1. The van der Waals surface area contributed by atoms with Crippen molar-refractivity contribution in [2.24, 2.45) is 12.8 Å². The molecule has 4 nitrogen and oxygen atoms in total. The summed E-state index contributed by atoms with van der Waals surface area (Å²) in [7, 11) is 1.91. The molecule has 0 saturated carbocycles. The van der Waals surface area contributed by atoms with Gasteiger partial charge in [0.1, 0.15) is 5.82 Å². The topological polar surface area (TPSA) is 56.7 Å². The van der Waals surface area contributed by atoms with Gasteiger partial charge in [-0.1, -0.05) is 29.8 Å². The third kappa shape index (κ3) is 2.91. The molecule has 0 spiro atoms. The molecule has 0 amide bonds. The molecular weight excluding hydrogens is 212 g/mol. The highest BCUT2D eigenvalue weighted by Crippen LogP contribution is 2.09. The van der Waals surface area contributed by atoms with E-state index in [0.717, 1.165) is 24.5 Å². The number of benzene rings is 1. The van der Waals surface area contributed by atoms with Crippen molar-refractivity contribution in [2.75, 3.05) is 6.54 Å². The zero-order valence-electron chi connectivity index (χ0n) is 10.3. The molecule has 0 saturated heterocycles. The molecule has 0 unspecified atom stereocenters. The molecule has 2 rings (SSSR count). The van der Waals surface area contributed by atoms with Crippen LogP contribution >= 0.6 is 0 Å². The predicted octanol–water partition coefficient (Wildman–Crippen LogP) is 1.22. The third-order valence-corrected chi connectivity index (χ3v) is 2.71. The van der Waals surface area contributed by atoms with Crippen LogP contribution in [0.4, 0.5) is 0 Å². The number of nitrogens with two attached hydrogens (primary N) is 1. The first-order chi connectivity index (χ1) is 8.19. The van der Waals surface area contributed by atoms with E-state index in [4.69, 9.17) is 5.73 Å². The lowest BCUT2D eigenvalue weighted by Crippen LogP contribution is -2.08.